The van der Waals surface area contributed by atoms with Crippen LogP contribution in [0.3, 0.4) is 0 Å². The predicted molar refractivity (Wildman–Crippen MR) is 138 cm³/mol. The highest BCUT2D eigenvalue weighted by Gasteiger charge is 2.50. The number of amides is 3. The lowest BCUT2D eigenvalue weighted by atomic mass is 9.68. The number of fused-ring (bicyclic) bond motifs is 1. The smallest absolute Gasteiger partial charge is 0.256 e. The number of piperidine rings is 2. The monoisotopic (exact) mass is 530 g/mol. The number of aliphatic hydroxyl groups is 1. The van der Waals surface area contributed by atoms with Crippen molar-refractivity contribution in [1.82, 2.24) is 30.2 Å². The maximum Gasteiger partial charge on any atom is 0.256 e. The van der Waals surface area contributed by atoms with Crippen LogP contribution >= 0.6 is 0 Å². The number of hydrogen-bond acceptors (Lipinski definition) is 9. The van der Waals surface area contributed by atoms with Crippen molar-refractivity contribution in [3.05, 3.63) is 65.3 Å². The topological polar surface area (TPSA) is 142 Å². The molecule has 5 heterocycles. The van der Waals surface area contributed by atoms with Crippen LogP contribution in [0.1, 0.15) is 60.4 Å². The fourth-order valence-electron chi connectivity index (χ4n) is 6.02. The van der Waals surface area contributed by atoms with Gasteiger partial charge in [0.25, 0.3) is 5.91 Å². The van der Waals surface area contributed by atoms with Crippen molar-refractivity contribution in [2.45, 2.75) is 57.8 Å². The van der Waals surface area contributed by atoms with Gasteiger partial charge in [0.2, 0.25) is 24.0 Å². The van der Waals surface area contributed by atoms with Crippen molar-refractivity contribution in [1.29, 1.82) is 0 Å². The Balaban J connectivity index is 1.16. The number of hydrogen-bond donors (Lipinski definition) is 2. The Bertz CT molecular complexity index is 1440. The van der Waals surface area contributed by atoms with Crippen LogP contribution in [-0.2, 0) is 28.3 Å². The number of nitrogens with zero attached hydrogens (tertiary/aromatic N) is 5. The molecule has 1 unspecified atom stereocenters. The number of likely N-dealkylation sites (tertiary alicyclic amines) is 1. The molecule has 2 saturated heterocycles. The van der Waals surface area contributed by atoms with Gasteiger partial charge in [0.1, 0.15) is 11.6 Å². The molecule has 202 valence electrons. The molecule has 2 atom stereocenters. The molecule has 11 nitrogen and oxygen atoms in total. The van der Waals surface area contributed by atoms with Crippen molar-refractivity contribution in [3.63, 3.8) is 0 Å². The molecule has 11 heteroatoms. The summed E-state index contributed by atoms with van der Waals surface area (Å²) in [5.41, 5.74) is 1.84. The van der Waals surface area contributed by atoms with Crippen LogP contribution in [0.4, 0.5) is 0 Å². The minimum absolute atomic E-state index is 0.177. The summed E-state index contributed by atoms with van der Waals surface area (Å²) in [5, 5.41) is 18.2. The highest BCUT2D eigenvalue weighted by Crippen LogP contribution is 2.46. The third-order valence-corrected chi connectivity index (χ3v) is 8.30. The molecule has 0 radical (unpaired) electrons. The van der Waals surface area contributed by atoms with Crippen molar-refractivity contribution < 1.29 is 24.0 Å². The minimum Gasteiger partial charge on any atom is -0.383 e. The van der Waals surface area contributed by atoms with E-state index in [1.807, 2.05) is 38.1 Å². The molecule has 1 aromatic carbocycles. The van der Waals surface area contributed by atoms with E-state index < -0.39 is 23.0 Å². The molecule has 3 aliphatic rings. The SMILES string of the molecule is CC1(C)CN(Cc2ccc(-c3ncon3)cc2)CC[C@@]1(O)c1ccc2c(n1)CN(C1CCC(=O)NC1=O)C2=O. The molecular weight excluding hydrogens is 500 g/mol. The second-order valence-corrected chi connectivity index (χ2v) is 11.2. The largest absolute Gasteiger partial charge is 0.383 e. The number of rotatable bonds is 5. The van der Waals surface area contributed by atoms with Gasteiger partial charge in [-0.05, 0) is 30.5 Å². The van der Waals surface area contributed by atoms with Crippen LogP contribution < -0.4 is 5.32 Å². The molecule has 2 fully saturated rings. The van der Waals surface area contributed by atoms with Gasteiger partial charge in [0.15, 0.2) is 0 Å². The second-order valence-electron chi connectivity index (χ2n) is 11.2. The summed E-state index contributed by atoms with van der Waals surface area (Å²) in [6.07, 6.45) is 2.28. The zero-order chi connectivity index (χ0) is 27.4. The van der Waals surface area contributed by atoms with E-state index in [0.29, 0.717) is 48.7 Å². The van der Waals surface area contributed by atoms with Gasteiger partial charge in [0, 0.05) is 37.0 Å². The molecule has 3 amide bonds. The summed E-state index contributed by atoms with van der Waals surface area (Å²) >= 11 is 0. The molecule has 0 aliphatic carbocycles. The Labute approximate surface area is 225 Å². The number of aromatic nitrogens is 3. The number of carbonyl (C=O) groups excluding carboxylic acids is 3. The van der Waals surface area contributed by atoms with Crippen molar-refractivity contribution >= 4 is 17.7 Å². The average molecular weight is 531 g/mol. The van der Waals surface area contributed by atoms with Gasteiger partial charge in [-0.3, -0.25) is 29.6 Å². The lowest BCUT2D eigenvalue weighted by molar-refractivity contribution is -0.137. The van der Waals surface area contributed by atoms with Gasteiger partial charge in [-0.1, -0.05) is 43.3 Å². The Hall–Kier alpha value is -3.96. The molecule has 0 saturated carbocycles. The van der Waals surface area contributed by atoms with Gasteiger partial charge >= 0.3 is 0 Å². The maximum atomic E-state index is 13.1. The normalized spacial score (nSPS) is 25.1. The average Bonchev–Trinajstić information content (AvgIpc) is 3.55. The third kappa shape index (κ3) is 4.41. The van der Waals surface area contributed by atoms with E-state index in [2.05, 4.69) is 20.4 Å². The Kier molecular flexibility index (Phi) is 6.07. The first-order valence-corrected chi connectivity index (χ1v) is 13.1. The molecular formula is C28H30N6O5. The molecule has 2 aromatic heterocycles. The van der Waals surface area contributed by atoms with Crippen LogP contribution in [0.5, 0.6) is 0 Å². The molecule has 0 bridgehead atoms. The standard InChI is InChI=1S/C28H30N6O5/c1-27(2)15-33(13-17-3-5-18(6-4-17)24-29-16-39-32-24)12-11-28(27,38)22-9-7-19-20(30-22)14-34(26(19)37)21-8-10-23(35)31-25(21)36/h3-7,9,16,21,38H,8,10-15H2,1-2H3,(H,31,35,36)/t21?,28-/m1/s1. The van der Waals surface area contributed by atoms with Gasteiger partial charge in [-0.15, -0.1) is 0 Å². The van der Waals surface area contributed by atoms with E-state index in [1.165, 1.54) is 11.3 Å². The zero-order valence-corrected chi connectivity index (χ0v) is 21.9. The number of pyridine rings is 1. The third-order valence-electron chi connectivity index (χ3n) is 8.30. The molecule has 3 aliphatic heterocycles. The summed E-state index contributed by atoms with van der Waals surface area (Å²) in [4.78, 5) is 49.6. The quantitative estimate of drug-likeness (QED) is 0.474. The lowest BCUT2D eigenvalue weighted by Crippen LogP contribution is -2.55. The van der Waals surface area contributed by atoms with Crippen LogP contribution in [0, 0.1) is 5.41 Å². The Morgan fingerprint density at radius 3 is 2.62 bits per heavy atom. The maximum absolute atomic E-state index is 13.1. The lowest BCUT2D eigenvalue weighted by Gasteiger charge is -2.50. The second kappa shape index (κ2) is 9.35. The molecule has 3 aromatic rings. The predicted octanol–water partition coefficient (Wildman–Crippen LogP) is 2.01. The van der Waals surface area contributed by atoms with E-state index >= 15 is 0 Å². The van der Waals surface area contributed by atoms with E-state index in [1.54, 1.807) is 12.1 Å². The summed E-state index contributed by atoms with van der Waals surface area (Å²) in [6, 6.07) is 10.8. The number of imide groups is 1. The van der Waals surface area contributed by atoms with Crippen molar-refractivity contribution in [2.75, 3.05) is 13.1 Å². The molecule has 6 rings (SSSR count). The van der Waals surface area contributed by atoms with E-state index in [-0.39, 0.29) is 24.8 Å². The highest BCUT2D eigenvalue weighted by atomic mass is 16.5. The van der Waals surface area contributed by atoms with E-state index in [9.17, 15) is 19.5 Å². The zero-order valence-electron chi connectivity index (χ0n) is 21.9. The fraction of sp³-hybridized carbons (Fsp3) is 0.429. The minimum atomic E-state index is -1.19. The Morgan fingerprint density at radius 1 is 1.13 bits per heavy atom. The van der Waals surface area contributed by atoms with Gasteiger partial charge in [-0.2, -0.15) is 4.98 Å². The van der Waals surface area contributed by atoms with Gasteiger partial charge < -0.3 is 14.5 Å². The van der Waals surface area contributed by atoms with Crippen LogP contribution in [0.15, 0.2) is 47.3 Å². The van der Waals surface area contributed by atoms with Crippen LogP contribution in [0.25, 0.3) is 11.4 Å². The summed E-state index contributed by atoms with van der Waals surface area (Å²) in [7, 11) is 0. The van der Waals surface area contributed by atoms with Gasteiger partial charge in [-0.25, -0.2) is 0 Å². The first-order valence-electron chi connectivity index (χ1n) is 13.1. The first-order chi connectivity index (χ1) is 18.6. The number of carbonyl (C=O) groups is 3. The highest BCUT2D eigenvalue weighted by molar-refractivity contribution is 6.05. The number of benzene rings is 1. The molecule has 0 spiro atoms. The van der Waals surface area contributed by atoms with Crippen molar-refractivity contribution in [3.8, 4) is 11.4 Å². The van der Waals surface area contributed by atoms with Crippen LogP contribution in [0.2, 0.25) is 0 Å². The molecule has 39 heavy (non-hydrogen) atoms. The van der Waals surface area contributed by atoms with Crippen molar-refractivity contribution in [2.24, 2.45) is 5.41 Å². The number of nitrogens with one attached hydrogen (secondary N) is 1. The fourth-order valence-corrected chi connectivity index (χ4v) is 6.02. The summed E-state index contributed by atoms with van der Waals surface area (Å²) in [5.74, 6) is -0.499. The van der Waals surface area contributed by atoms with E-state index in [4.69, 9.17) is 9.51 Å². The molecule has 2 N–H and O–H groups in total. The first kappa shape index (κ1) is 25.3. The Morgan fingerprint density at radius 2 is 1.92 bits per heavy atom. The van der Waals surface area contributed by atoms with Crippen LogP contribution in [-0.4, -0.2) is 66.9 Å². The summed E-state index contributed by atoms with van der Waals surface area (Å²) in [6.45, 7) is 6.31. The summed E-state index contributed by atoms with van der Waals surface area (Å²) < 4.78 is 4.83. The van der Waals surface area contributed by atoms with E-state index in [0.717, 1.165) is 17.7 Å². The van der Waals surface area contributed by atoms with Gasteiger partial charge in [0.05, 0.1) is 23.5 Å².